The van der Waals surface area contributed by atoms with Gasteiger partial charge in [-0.25, -0.2) is 27.2 Å². The Balaban J connectivity index is 2.09. The number of halogens is 5. The van der Waals surface area contributed by atoms with Crippen molar-refractivity contribution in [3.63, 3.8) is 0 Å². The normalized spacial score (nSPS) is 17.8. The van der Waals surface area contributed by atoms with Gasteiger partial charge in [0.2, 0.25) is 21.9 Å². The number of ether oxygens (including phenoxy) is 1. The van der Waals surface area contributed by atoms with Crippen LogP contribution in [-0.4, -0.2) is 79.9 Å². The SMILES string of the molecule is C=C(C)[C@H]1CNCC[C@H](C)Oc2nc(-c3cc(N)c(F)c(C)c3C(F)(F)F)c(F)c3nc(NS(=O)(=O)CCN(C)C)nc(c23)N1. The van der Waals surface area contributed by atoms with Gasteiger partial charge in [-0.15, -0.1) is 0 Å². The summed E-state index contributed by atoms with van der Waals surface area (Å²) in [5.74, 6) is -4.01. The summed E-state index contributed by atoms with van der Waals surface area (Å²) in [4.78, 5) is 14.2. The lowest BCUT2D eigenvalue weighted by Crippen LogP contribution is -2.35. The zero-order valence-electron chi connectivity index (χ0n) is 25.4. The number of sulfonamides is 1. The first-order valence-electron chi connectivity index (χ1n) is 13.9. The molecule has 1 aromatic carbocycles. The van der Waals surface area contributed by atoms with E-state index >= 15 is 4.39 Å². The number of hydrogen-bond donors (Lipinski definition) is 4. The molecule has 1 aliphatic rings. The average molecular weight is 659 g/mol. The highest BCUT2D eigenvalue weighted by atomic mass is 32.2. The molecule has 17 heteroatoms. The summed E-state index contributed by atoms with van der Waals surface area (Å²) in [6, 6.07) is 0.150. The lowest BCUT2D eigenvalue weighted by molar-refractivity contribution is -0.137. The number of benzene rings is 1. The Morgan fingerprint density at radius 2 is 1.91 bits per heavy atom. The molecule has 0 fully saturated rings. The maximum atomic E-state index is 16.6. The van der Waals surface area contributed by atoms with Crippen molar-refractivity contribution in [1.29, 1.82) is 0 Å². The molecule has 0 bridgehead atoms. The molecular formula is C28H35F5N8O3S. The van der Waals surface area contributed by atoms with E-state index < -0.39 is 79.5 Å². The third kappa shape index (κ3) is 7.53. The first-order valence-corrected chi connectivity index (χ1v) is 15.6. The van der Waals surface area contributed by atoms with Crippen LogP contribution < -0.4 is 25.8 Å². The summed E-state index contributed by atoms with van der Waals surface area (Å²) >= 11 is 0. The average Bonchev–Trinajstić information content (AvgIpc) is 2.95. The van der Waals surface area contributed by atoms with Crippen molar-refractivity contribution in [3.05, 3.63) is 41.0 Å². The molecule has 0 amide bonds. The molecule has 3 aromatic rings. The Hall–Kier alpha value is -3.83. The summed E-state index contributed by atoms with van der Waals surface area (Å²) in [6.45, 7) is 9.25. The molecular weight excluding hydrogens is 623 g/mol. The third-order valence-electron chi connectivity index (χ3n) is 7.17. The number of anilines is 3. The van der Waals surface area contributed by atoms with Crippen molar-refractivity contribution < 1.29 is 35.1 Å². The maximum Gasteiger partial charge on any atom is 0.417 e. The Labute approximate surface area is 257 Å². The Kier molecular flexibility index (Phi) is 9.75. The van der Waals surface area contributed by atoms with Crippen molar-refractivity contribution in [2.75, 3.05) is 55.3 Å². The molecule has 3 heterocycles. The standard InChI is InChI=1S/C28H35F5N8O3S/c1-13(2)18-12-35-8-7-14(3)44-26-19-24(38-27(39-25(19)36-18)40-45(42,43)10-9-41(5)6)22(30)23(37-26)16-11-17(34)21(29)15(4)20(16)28(31,32)33/h11,14,18,35H,1,7-10,12,34H2,2-6H3,(H2,36,38,39,40)/t14-,18+/m0/s1. The van der Waals surface area contributed by atoms with E-state index in [1.165, 1.54) is 0 Å². The number of rotatable bonds is 7. The fraction of sp³-hybridized carbons (Fsp3) is 0.464. The van der Waals surface area contributed by atoms with Crippen LogP contribution in [0.4, 0.5) is 39.4 Å². The van der Waals surface area contributed by atoms with Crippen LogP contribution in [0.1, 0.15) is 31.4 Å². The van der Waals surface area contributed by atoms with E-state index in [9.17, 15) is 26.0 Å². The summed E-state index contributed by atoms with van der Waals surface area (Å²) in [7, 11) is -0.708. The minimum absolute atomic E-state index is 0.104. The second kappa shape index (κ2) is 12.9. The molecule has 11 nitrogen and oxygen atoms in total. The number of nitrogens with zero attached hydrogens (tertiary/aromatic N) is 4. The van der Waals surface area contributed by atoms with Gasteiger partial charge in [0.15, 0.2) is 5.82 Å². The molecule has 0 unspecified atom stereocenters. The highest BCUT2D eigenvalue weighted by Crippen LogP contribution is 2.44. The smallest absolute Gasteiger partial charge is 0.417 e. The number of alkyl halides is 3. The molecule has 5 N–H and O–H groups in total. The van der Waals surface area contributed by atoms with Crippen molar-refractivity contribution in [3.8, 4) is 17.1 Å². The van der Waals surface area contributed by atoms with Gasteiger partial charge in [0.05, 0.1) is 29.1 Å². The van der Waals surface area contributed by atoms with Crippen LogP contribution in [0.3, 0.4) is 0 Å². The molecule has 0 radical (unpaired) electrons. The summed E-state index contributed by atoms with van der Waals surface area (Å²) in [5.41, 5.74) is 1.04. The van der Waals surface area contributed by atoms with E-state index in [1.54, 1.807) is 32.8 Å². The van der Waals surface area contributed by atoms with Crippen LogP contribution in [0.5, 0.6) is 5.88 Å². The zero-order chi connectivity index (χ0) is 33.4. The highest BCUT2D eigenvalue weighted by molar-refractivity contribution is 7.92. The topological polar surface area (TPSA) is 147 Å². The molecule has 0 aliphatic carbocycles. The number of nitrogens with one attached hydrogen (secondary N) is 3. The van der Waals surface area contributed by atoms with E-state index in [1.807, 2.05) is 0 Å². The molecule has 2 atom stereocenters. The number of aromatic nitrogens is 3. The Morgan fingerprint density at radius 1 is 1.22 bits per heavy atom. The minimum Gasteiger partial charge on any atom is -0.474 e. The van der Waals surface area contributed by atoms with Gasteiger partial charge in [-0.3, -0.25) is 4.72 Å². The number of nitrogens with two attached hydrogens (primary N) is 1. The minimum atomic E-state index is -5.13. The van der Waals surface area contributed by atoms with E-state index in [2.05, 4.69) is 36.9 Å². The number of pyridine rings is 1. The van der Waals surface area contributed by atoms with E-state index in [-0.39, 0.29) is 29.4 Å². The first kappa shape index (κ1) is 34.1. The molecule has 246 valence electrons. The van der Waals surface area contributed by atoms with Gasteiger partial charge in [-0.2, -0.15) is 18.2 Å². The molecule has 2 aromatic heterocycles. The fourth-order valence-corrected chi connectivity index (χ4v) is 5.81. The van der Waals surface area contributed by atoms with E-state index in [0.29, 0.717) is 31.1 Å². The molecule has 0 spiro atoms. The second-order valence-corrected chi connectivity index (χ2v) is 13.1. The maximum absolute atomic E-state index is 16.6. The summed E-state index contributed by atoms with van der Waals surface area (Å²) in [5, 5.41) is 6.20. The molecule has 4 rings (SSSR count). The van der Waals surface area contributed by atoms with Crippen LogP contribution in [0, 0.1) is 18.6 Å². The lowest BCUT2D eigenvalue weighted by Gasteiger charge is -2.23. The summed E-state index contributed by atoms with van der Waals surface area (Å²) in [6.07, 6.45) is -5.28. The molecule has 0 saturated heterocycles. The van der Waals surface area contributed by atoms with E-state index in [4.69, 9.17) is 10.5 Å². The first-order chi connectivity index (χ1) is 20.9. The fourth-order valence-electron chi connectivity index (χ4n) is 4.73. The Morgan fingerprint density at radius 3 is 2.53 bits per heavy atom. The van der Waals surface area contributed by atoms with Crippen LogP contribution in [0.2, 0.25) is 0 Å². The van der Waals surface area contributed by atoms with Gasteiger partial charge in [0.25, 0.3) is 0 Å². The van der Waals surface area contributed by atoms with Gasteiger partial charge >= 0.3 is 6.18 Å². The van der Waals surface area contributed by atoms with Gasteiger partial charge in [-0.1, -0.05) is 12.2 Å². The van der Waals surface area contributed by atoms with Crippen LogP contribution in [0.25, 0.3) is 22.2 Å². The monoisotopic (exact) mass is 658 g/mol. The van der Waals surface area contributed by atoms with Crippen LogP contribution in [-0.2, 0) is 16.2 Å². The molecule has 1 aliphatic heterocycles. The number of nitrogen functional groups attached to an aromatic ring is 1. The predicted molar refractivity (Wildman–Crippen MR) is 163 cm³/mol. The van der Waals surface area contributed by atoms with Crippen molar-refractivity contribution in [2.45, 2.75) is 45.5 Å². The van der Waals surface area contributed by atoms with Crippen LogP contribution in [0.15, 0.2) is 18.2 Å². The highest BCUT2D eigenvalue weighted by Gasteiger charge is 2.39. The summed E-state index contributed by atoms with van der Waals surface area (Å²) < 4.78 is 108. The largest absolute Gasteiger partial charge is 0.474 e. The predicted octanol–water partition coefficient (Wildman–Crippen LogP) is 4.30. The molecule has 0 saturated carbocycles. The van der Waals surface area contributed by atoms with Gasteiger partial charge in [0, 0.05) is 18.7 Å². The van der Waals surface area contributed by atoms with Gasteiger partial charge in [-0.05, 0) is 59.5 Å². The quantitative estimate of drug-likeness (QED) is 0.165. The number of hydrogen-bond acceptors (Lipinski definition) is 10. The van der Waals surface area contributed by atoms with Gasteiger partial charge in [0.1, 0.15) is 28.2 Å². The van der Waals surface area contributed by atoms with Crippen molar-refractivity contribution in [2.24, 2.45) is 0 Å². The second-order valence-electron chi connectivity index (χ2n) is 11.2. The molecule has 45 heavy (non-hydrogen) atoms. The van der Waals surface area contributed by atoms with E-state index in [0.717, 1.165) is 6.92 Å². The lowest BCUT2D eigenvalue weighted by atomic mass is 9.96. The van der Waals surface area contributed by atoms with Crippen molar-refractivity contribution in [1.82, 2.24) is 25.2 Å². The zero-order valence-corrected chi connectivity index (χ0v) is 26.2. The third-order valence-corrected chi connectivity index (χ3v) is 8.38. The Bertz CT molecular complexity index is 1730. The van der Waals surface area contributed by atoms with Crippen molar-refractivity contribution >= 4 is 38.4 Å². The van der Waals surface area contributed by atoms with Crippen LogP contribution >= 0.6 is 0 Å². The van der Waals surface area contributed by atoms with Gasteiger partial charge < -0.3 is 26.0 Å².